The van der Waals surface area contributed by atoms with E-state index in [2.05, 4.69) is 28.5 Å². The number of nitrogens with one attached hydrogen (secondary N) is 2. The number of rotatable bonds is 1. The Hall–Kier alpha value is -2.13. The molecule has 4 rings (SSSR count). The maximum atomic E-state index is 13.0. The van der Waals surface area contributed by atoms with Crippen molar-refractivity contribution in [3.8, 4) is 11.1 Å². The third-order valence-corrected chi connectivity index (χ3v) is 4.03. The largest absolute Gasteiger partial charge is 0.358 e. The minimum Gasteiger partial charge on any atom is -0.358 e. The van der Waals surface area contributed by atoms with Gasteiger partial charge in [-0.25, -0.2) is 4.39 Å². The average molecular weight is 266 g/mol. The maximum absolute atomic E-state index is 13.0. The van der Waals surface area contributed by atoms with E-state index in [0.717, 1.165) is 30.6 Å². The van der Waals surface area contributed by atoms with Crippen LogP contribution in [0.3, 0.4) is 0 Å². The second-order valence-electron chi connectivity index (χ2n) is 5.28. The number of H-pyrrole nitrogens is 1. The summed E-state index contributed by atoms with van der Waals surface area (Å²) in [4.78, 5) is 3.50. The Bertz CT molecular complexity index is 772. The summed E-state index contributed by atoms with van der Waals surface area (Å²) in [6.45, 7) is 1.95. The molecule has 0 atom stereocenters. The summed E-state index contributed by atoms with van der Waals surface area (Å²) in [5, 5.41) is 4.69. The van der Waals surface area contributed by atoms with Crippen LogP contribution in [0.2, 0.25) is 0 Å². The minimum absolute atomic E-state index is 0.196. The zero-order chi connectivity index (χ0) is 13.5. The summed E-state index contributed by atoms with van der Waals surface area (Å²) in [6, 6.07) is 13.1. The third kappa shape index (κ3) is 1.82. The van der Waals surface area contributed by atoms with Crippen LogP contribution in [-0.2, 0) is 13.0 Å². The number of hydrogen-bond acceptors (Lipinski definition) is 1. The predicted molar refractivity (Wildman–Crippen MR) is 79.1 cm³/mol. The number of aromatic amines is 1. The Balaban J connectivity index is 1.87. The molecule has 1 aliphatic heterocycles. The summed E-state index contributed by atoms with van der Waals surface area (Å²) in [5.74, 6) is -0.196. The van der Waals surface area contributed by atoms with E-state index in [1.54, 1.807) is 0 Å². The fraction of sp³-hybridized carbons (Fsp3) is 0.176. The maximum Gasteiger partial charge on any atom is 0.123 e. The van der Waals surface area contributed by atoms with Gasteiger partial charge in [0.05, 0.1) is 0 Å². The minimum atomic E-state index is -0.196. The molecule has 2 aromatic carbocycles. The van der Waals surface area contributed by atoms with Gasteiger partial charge in [-0.1, -0.05) is 18.2 Å². The van der Waals surface area contributed by atoms with E-state index in [4.69, 9.17) is 0 Å². The molecule has 1 aliphatic rings. The van der Waals surface area contributed by atoms with Crippen LogP contribution in [-0.4, -0.2) is 11.5 Å². The SMILES string of the molecule is Fc1ccc(-c2ccc3[nH]c4c(c3c2)CNCC4)cc1. The molecule has 0 bridgehead atoms. The van der Waals surface area contributed by atoms with Crippen molar-refractivity contribution >= 4 is 10.9 Å². The first kappa shape index (κ1) is 11.7. The van der Waals surface area contributed by atoms with Gasteiger partial charge in [0.2, 0.25) is 0 Å². The van der Waals surface area contributed by atoms with Gasteiger partial charge < -0.3 is 10.3 Å². The molecule has 0 amide bonds. The van der Waals surface area contributed by atoms with Gasteiger partial charge in [0.15, 0.2) is 0 Å². The molecule has 2 heterocycles. The van der Waals surface area contributed by atoms with Crippen molar-refractivity contribution in [3.63, 3.8) is 0 Å². The van der Waals surface area contributed by atoms with Crippen molar-refractivity contribution in [1.29, 1.82) is 0 Å². The highest BCUT2D eigenvalue weighted by Crippen LogP contribution is 2.29. The fourth-order valence-electron chi connectivity index (χ4n) is 2.97. The number of benzene rings is 2. The first-order chi connectivity index (χ1) is 9.81. The molecule has 1 aromatic heterocycles. The smallest absolute Gasteiger partial charge is 0.123 e. The van der Waals surface area contributed by atoms with Crippen LogP contribution >= 0.6 is 0 Å². The average Bonchev–Trinajstić information content (AvgIpc) is 2.86. The highest BCUT2D eigenvalue weighted by Gasteiger charge is 2.15. The Morgan fingerprint density at radius 2 is 1.75 bits per heavy atom. The predicted octanol–water partition coefficient (Wildman–Crippen LogP) is 3.62. The molecule has 0 saturated carbocycles. The van der Waals surface area contributed by atoms with Crippen LogP contribution < -0.4 is 5.32 Å². The second-order valence-corrected chi connectivity index (χ2v) is 5.28. The van der Waals surface area contributed by atoms with Crippen molar-refractivity contribution in [2.75, 3.05) is 6.54 Å². The molecule has 100 valence electrons. The number of halogens is 1. The molecule has 0 fully saturated rings. The molecular formula is C17H15FN2. The topological polar surface area (TPSA) is 27.8 Å². The van der Waals surface area contributed by atoms with Crippen LogP contribution in [0.4, 0.5) is 4.39 Å². The lowest BCUT2D eigenvalue weighted by Gasteiger charge is -2.12. The zero-order valence-electron chi connectivity index (χ0n) is 11.0. The Kier molecular flexibility index (Phi) is 2.60. The van der Waals surface area contributed by atoms with E-state index >= 15 is 0 Å². The van der Waals surface area contributed by atoms with Crippen molar-refractivity contribution < 1.29 is 4.39 Å². The van der Waals surface area contributed by atoms with Crippen molar-refractivity contribution in [2.45, 2.75) is 13.0 Å². The summed E-state index contributed by atoms with van der Waals surface area (Å²) < 4.78 is 13.0. The molecular weight excluding hydrogens is 251 g/mol. The quantitative estimate of drug-likeness (QED) is 0.691. The normalized spacial score (nSPS) is 14.4. The van der Waals surface area contributed by atoms with Gasteiger partial charge in [0.25, 0.3) is 0 Å². The van der Waals surface area contributed by atoms with E-state index < -0.39 is 0 Å². The van der Waals surface area contributed by atoms with Gasteiger partial charge in [-0.15, -0.1) is 0 Å². The zero-order valence-corrected chi connectivity index (χ0v) is 11.0. The monoisotopic (exact) mass is 266 g/mol. The standard InChI is InChI=1S/C17H15FN2/c18-13-4-1-11(2-5-13)12-3-6-16-14(9-12)15-10-19-8-7-17(15)20-16/h1-6,9,19-20H,7-8,10H2. The summed E-state index contributed by atoms with van der Waals surface area (Å²) in [6.07, 6.45) is 1.05. The van der Waals surface area contributed by atoms with Gasteiger partial charge in [0, 0.05) is 36.1 Å². The van der Waals surface area contributed by atoms with E-state index in [1.165, 1.54) is 34.3 Å². The van der Waals surface area contributed by atoms with Crippen LogP contribution in [0.25, 0.3) is 22.0 Å². The van der Waals surface area contributed by atoms with E-state index in [-0.39, 0.29) is 5.82 Å². The molecule has 0 spiro atoms. The van der Waals surface area contributed by atoms with Gasteiger partial charge in [-0.05, 0) is 41.0 Å². The summed E-state index contributed by atoms with van der Waals surface area (Å²) >= 11 is 0. The van der Waals surface area contributed by atoms with Crippen LogP contribution in [0, 0.1) is 5.82 Å². The van der Waals surface area contributed by atoms with E-state index in [1.807, 2.05) is 12.1 Å². The number of aromatic nitrogens is 1. The van der Waals surface area contributed by atoms with Crippen LogP contribution in [0.15, 0.2) is 42.5 Å². The Morgan fingerprint density at radius 1 is 0.950 bits per heavy atom. The fourth-order valence-corrected chi connectivity index (χ4v) is 2.97. The molecule has 0 saturated heterocycles. The number of fused-ring (bicyclic) bond motifs is 3. The lowest BCUT2D eigenvalue weighted by molar-refractivity contribution is 0.628. The Morgan fingerprint density at radius 3 is 2.60 bits per heavy atom. The van der Waals surface area contributed by atoms with Crippen LogP contribution in [0.1, 0.15) is 11.3 Å². The van der Waals surface area contributed by atoms with E-state index in [9.17, 15) is 4.39 Å². The molecule has 0 aliphatic carbocycles. The molecule has 2 N–H and O–H groups in total. The van der Waals surface area contributed by atoms with Gasteiger partial charge in [-0.3, -0.25) is 0 Å². The third-order valence-electron chi connectivity index (χ3n) is 4.03. The molecule has 3 heteroatoms. The molecule has 0 unspecified atom stereocenters. The summed E-state index contributed by atoms with van der Waals surface area (Å²) in [5.41, 5.74) is 6.08. The number of hydrogen-bond donors (Lipinski definition) is 2. The van der Waals surface area contributed by atoms with Crippen molar-refractivity contribution in [1.82, 2.24) is 10.3 Å². The molecule has 20 heavy (non-hydrogen) atoms. The first-order valence-corrected chi connectivity index (χ1v) is 6.91. The van der Waals surface area contributed by atoms with Gasteiger partial charge in [0.1, 0.15) is 5.82 Å². The van der Waals surface area contributed by atoms with Gasteiger partial charge in [-0.2, -0.15) is 0 Å². The summed E-state index contributed by atoms with van der Waals surface area (Å²) in [7, 11) is 0. The highest BCUT2D eigenvalue weighted by molar-refractivity contribution is 5.89. The van der Waals surface area contributed by atoms with Crippen LogP contribution in [0.5, 0.6) is 0 Å². The first-order valence-electron chi connectivity index (χ1n) is 6.91. The lowest BCUT2D eigenvalue weighted by Crippen LogP contribution is -2.22. The lowest BCUT2D eigenvalue weighted by atomic mass is 10.0. The van der Waals surface area contributed by atoms with Crippen molar-refractivity contribution in [3.05, 3.63) is 59.5 Å². The molecule has 2 nitrogen and oxygen atoms in total. The highest BCUT2D eigenvalue weighted by atomic mass is 19.1. The Labute approximate surface area is 116 Å². The van der Waals surface area contributed by atoms with Crippen molar-refractivity contribution in [2.24, 2.45) is 0 Å². The molecule has 0 radical (unpaired) electrons. The second kappa shape index (κ2) is 4.46. The van der Waals surface area contributed by atoms with Gasteiger partial charge >= 0.3 is 0 Å². The van der Waals surface area contributed by atoms with E-state index in [0.29, 0.717) is 0 Å². The molecule has 3 aromatic rings.